The number of aromatic nitrogens is 2. The van der Waals surface area contributed by atoms with Gasteiger partial charge in [-0.1, -0.05) is 172 Å². The average Bonchev–Trinajstić information content (AvgIpc) is 3.79. The lowest BCUT2D eigenvalue weighted by atomic mass is 9.82. The van der Waals surface area contributed by atoms with Gasteiger partial charge in [0.25, 0.3) is 0 Å². The summed E-state index contributed by atoms with van der Waals surface area (Å²) in [6.45, 7) is 4.65. The molecule has 0 saturated heterocycles. The first kappa shape index (κ1) is 33.9. The lowest BCUT2D eigenvalue weighted by Crippen LogP contribution is -2.14. The molecule has 2 aromatic heterocycles. The second-order valence-electron chi connectivity index (χ2n) is 15.8. The number of hydrogen-bond acceptors (Lipinski definition) is 3. The average molecular weight is 743 g/mol. The van der Waals surface area contributed by atoms with Crippen LogP contribution in [-0.2, 0) is 5.41 Å². The Labute approximate surface area is 338 Å². The maximum Gasteiger partial charge on any atom is 0.160 e. The molecular weight excluding hydrogens is 705 g/mol. The third-order valence-electron chi connectivity index (χ3n) is 11.9. The van der Waals surface area contributed by atoms with Gasteiger partial charge in [-0.2, -0.15) is 0 Å². The fraction of sp³-hybridized carbons (Fsp3) is 0.0545. The summed E-state index contributed by atoms with van der Waals surface area (Å²) < 4.78 is 6.62. The van der Waals surface area contributed by atoms with Crippen LogP contribution in [-0.4, -0.2) is 9.97 Å². The normalized spacial score (nSPS) is 12.8. The quantitative estimate of drug-likeness (QED) is 0.170. The Morgan fingerprint density at radius 3 is 1.78 bits per heavy atom. The summed E-state index contributed by atoms with van der Waals surface area (Å²) in [5.41, 5.74) is 18.3. The summed E-state index contributed by atoms with van der Waals surface area (Å²) in [6.07, 6.45) is 0. The molecular formula is C55H38N2O. The van der Waals surface area contributed by atoms with E-state index in [1.54, 1.807) is 0 Å². The lowest BCUT2D eigenvalue weighted by molar-refractivity contribution is 0.660. The van der Waals surface area contributed by atoms with Gasteiger partial charge in [0.15, 0.2) is 5.82 Å². The third-order valence-corrected chi connectivity index (χ3v) is 11.9. The number of furan rings is 1. The minimum atomic E-state index is -0.130. The van der Waals surface area contributed by atoms with Gasteiger partial charge in [0.2, 0.25) is 0 Å². The topological polar surface area (TPSA) is 38.9 Å². The van der Waals surface area contributed by atoms with Gasteiger partial charge in [-0.25, -0.2) is 9.97 Å². The second kappa shape index (κ2) is 13.4. The molecule has 0 saturated carbocycles. The summed E-state index contributed by atoms with van der Waals surface area (Å²) in [5, 5.41) is 2.21. The van der Waals surface area contributed by atoms with E-state index in [0.29, 0.717) is 5.82 Å². The van der Waals surface area contributed by atoms with Crippen LogP contribution in [0.25, 0.3) is 100 Å². The zero-order chi connectivity index (χ0) is 38.8. The molecule has 0 spiro atoms. The summed E-state index contributed by atoms with van der Waals surface area (Å²) in [4.78, 5) is 10.7. The summed E-state index contributed by atoms with van der Waals surface area (Å²) in [6, 6.07) is 68.9. The molecule has 10 aromatic rings. The van der Waals surface area contributed by atoms with Crippen molar-refractivity contribution in [2.24, 2.45) is 0 Å². The Hall–Kier alpha value is -7.36. The van der Waals surface area contributed by atoms with Crippen molar-refractivity contribution in [1.82, 2.24) is 9.97 Å². The molecule has 3 heteroatoms. The van der Waals surface area contributed by atoms with Crippen LogP contribution in [0, 0.1) is 0 Å². The van der Waals surface area contributed by atoms with Crippen LogP contribution in [0.2, 0.25) is 0 Å². The van der Waals surface area contributed by atoms with Crippen molar-refractivity contribution in [3.8, 4) is 78.4 Å². The van der Waals surface area contributed by atoms with E-state index in [-0.39, 0.29) is 5.41 Å². The largest absolute Gasteiger partial charge is 0.455 e. The Morgan fingerprint density at radius 1 is 0.379 bits per heavy atom. The van der Waals surface area contributed by atoms with Crippen molar-refractivity contribution >= 4 is 21.9 Å². The fourth-order valence-corrected chi connectivity index (χ4v) is 9.00. The van der Waals surface area contributed by atoms with Crippen molar-refractivity contribution < 1.29 is 4.42 Å². The van der Waals surface area contributed by atoms with E-state index in [4.69, 9.17) is 14.4 Å². The number of benzene rings is 8. The molecule has 1 aliphatic rings. The fourth-order valence-electron chi connectivity index (χ4n) is 9.00. The van der Waals surface area contributed by atoms with Crippen LogP contribution in [0.4, 0.5) is 0 Å². The first-order valence-corrected chi connectivity index (χ1v) is 19.9. The van der Waals surface area contributed by atoms with Crippen molar-refractivity contribution in [3.05, 3.63) is 205 Å². The Bertz CT molecular complexity index is 3190. The molecule has 2 heterocycles. The SMILES string of the molecule is CC1(C)c2ccccc2-c2c(-c3cc(-c4cc(-c5cccc(-c6ccccc6)c5)cc(-c5cccc6c5oc5ccccc56)c4)nc(-c4ccccc4)n3)cccc21. The van der Waals surface area contributed by atoms with Gasteiger partial charge >= 0.3 is 0 Å². The molecule has 0 unspecified atom stereocenters. The Morgan fingerprint density at radius 2 is 0.931 bits per heavy atom. The molecule has 58 heavy (non-hydrogen) atoms. The number of para-hydroxylation sites is 2. The van der Waals surface area contributed by atoms with Gasteiger partial charge in [0.05, 0.1) is 11.4 Å². The first-order chi connectivity index (χ1) is 28.5. The molecule has 8 aromatic carbocycles. The van der Waals surface area contributed by atoms with Crippen LogP contribution in [0.15, 0.2) is 199 Å². The van der Waals surface area contributed by atoms with Crippen molar-refractivity contribution in [3.63, 3.8) is 0 Å². The highest BCUT2D eigenvalue weighted by Crippen LogP contribution is 2.52. The van der Waals surface area contributed by atoms with E-state index in [9.17, 15) is 0 Å². The zero-order valence-corrected chi connectivity index (χ0v) is 32.3. The molecule has 0 atom stereocenters. The van der Waals surface area contributed by atoms with Gasteiger partial charge in [0, 0.05) is 38.4 Å². The maximum absolute atomic E-state index is 6.62. The predicted molar refractivity (Wildman–Crippen MR) is 239 cm³/mol. The molecule has 0 radical (unpaired) electrons. The van der Waals surface area contributed by atoms with E-state index in [1.165, 1.54) is 33.4 Å². The van der Waals surface area contributed by atoms with E-state index < -0.39 is 0 Å². The minimum Gasteiger partial charge on any atom is -0.455 e. The molecule has 1 aliphatic carbocycles. The molecule has 11 rings (SSSR count). The summed E-state index contributed by atoms with van der Waals surface area (Å²) in [7, 11) is 0. The Kier molecular flexibility index (Phi) is 7.84. The minimum absolute atomic E-state index is 0.130. The number of hydrogen-bond donors (Lipinski definition) is 0. The van der Waals surface area contributed by atoms with Crippen LogP contribution in [0.3, 0.4) is 0 Å². The predicted octanol–water partition coefficient (Wildman–Crippen LogP) is 14.7. The second-order valence-corrected chi connectivity index (χ2v) is 15.8. The third kappa shape index (κ3) is 5.58. The smallest absolute Gasteiger partial charge is 0.160 e. The highest BCUT2D eigenvalue weighted by Gasteiger charge is 2.36. The van der Waals surface area contributed by atoms with Crippen molar-refractivity contribution in [2.75, 3.05) is 0 Å². The first-order valence-electron chi connectivity index (χ1n) is 19.9. The molecule has 274 valence electrons. The number of rotatable bonds is 6. The maximum atomic E-state index is 6.62. The van der Waals surface area contributed by atoms with Gasteiger partial charge in [-0.05, 0) is 86.5 Å². The van der Waals surface area contributed by atoms with Crippen molar-refractivity contribution in [2.45, 2.75) is 19.3 Å². The standard InChI is InChI=1S/C55H38N2O/c1-55(2)47-27-11-9-23-45(47)52-46(26-15-28-48(52)55)50-34-49(56-54(57-50)36-18-7-4-8-19-36)41-32-39(38-21-13-20-37(30-38)35-16-5-3-6-17-35)31-40(33-41)42-24-14-25-44-43-22-10-12-29-51(43)58-53(42)44/h3-34H,1-2H3. The highest BCUT2D eigenvalue weighted by molar-refractivity contribution is 6.10. The van der Waals surface area contributed by atoms with E-state index in [2.05, 4.69) is 190 Å². The number of nitrogens with zero attached hydrogens (tertiary/aromatic N) is 2. The number of fused-ring (bicyclic) bond motifs is 6. The summed E-state index contributed by atoms with van der Waals surface area (Å²) in [5.74, 6) is 0.689. The van der Waals surface area contributed by atoms with Gasteiger partial charge < -0.3 is 4.42 Å². The van der Waals surface area contributed by atoms with E-state index in [1.807, 2.05) is 18.2 Å². The van der Waals surface area contributed by atoms with Crippen LogP contribution >= 0.6 is 0 Å². The van der Waals surface area contributed by atoms with Crippen LogP contribution < -0.4 is 0 Å². The van der Waals surface area contributed by atoms with Crippen LogP contribution in [0.5, 0.6) is 0 Å². The van der Waals surface area contributed by atoms with E-state index in [0.717, 1.165) is 72.3 Å². The molecule has 0 bridgehead atoms. The molecule has 0 amide bonds. The molecule has 0 fully saturated rings. The molecule has 0 N–H and O–H groups in total. The molecule has 0 aliphatic heterocycles. The lowest BCUT2D eigenvalue weighted by Gasteiger charge is -2.21. The highest BCUT2D eigenvalue weighted by atomic mass is 16.3. The van der Waals surface area contributed by atoms with Gasteiger partial charge in [-0.3, -0.25) is 0 Å². The van der Waals surface area contributed by atoms with Crippen LogP contribution in [0.1, 0.15) is 25.0 Å². The monoisotopic (exact) mass is 742 g/mol. The van der Waals surface area contributed by atoms with Crippen molar-refractivity contribution in [1.29, 1.82) is 0 Å². The molecule has 3 nitrogen and oxygen atoms in total. The summed E-state index contributed by atoms with van der Waals surface area (Å²) >= 11 is 0. The van der Waals surface area contributed by atoms with E-state index >= 15 is 0 Å². The Balaban J connectivity index is 1.17. The zero-order valence-electron chi connectivity index (χ0n) is 32.3. The van der Waals surface area contributed by atoms with Gasteiger partial charge in [-0.15, -0.1) is 0 Å². The van der Waals surface area contributed by atoms with Gasteiger partial charge in [0.1, 0.15) is 11.2 Å².